The molecule has 2 unspecified atom stereocenters. The summed E-state index contributed by atoms with van der Waals surface area (Å²) in [4.78, 5) is 12.1. The van der Waals surface area contributed by atoms with Gasteiger partial charge in [0.2, 0.25) is 5.91 Å². The van der Waals surface area contributed by atoms with E-state index in [2.05, 4.69) is 11.4 Å². The largest absolute Gasteiger partial charge is 0.497 e. The normalized spacial score (nSPS) is 20.5. The summed E-state index contributed by atoms with van der Waals surface area (Å²) in [6, 6.07) is 7.97. The smallest absolute Gasteiger partial charge is 0.223 e. The Morgan fingerprint density at radius 2 is 2.23 bits per heavy atom. The van der Waals surface area contributed by atoms with Crippen LogP contribution in [0, 0.1) is 11.3 Å². The average Bonchev–Trinajstić information content (AvgIpc) is 3.32. The van der Waals surface area contributed by atoms with Gasteiger partial charge in [-0.05, 0) is 48.3 Å². The number of amides is 1. The highest BCUT2D eigenvalue weighted by molar-refractivity contribution is 5.82. The van der Waals surface area contributed by atoms with Gasteiger partial charge in [0.1, 0.15) is 5.75 Å². The Hall–Kier alpha value is -1.55. The molecule has 1 saturated carbocycles. The van der Waals surface area contributed by atoms with Crippen molar-refractivity contribution in [3.05, 3.63) is 29.8 Å². The fourth-order valence-electron chi connectivity index (χ4n) is 2.71. The summed E-state index contributed by atoms with van der Waals surface area (Å²) < 4.78 is 5.23. The number of carbonyl (C=O) groups is 1. The van der Waals surface area contributed by atoms with Crippen molar-refractivity contribution >= 4 is 5.91 Å². The van der Waals surface area contributed by atoms with Crippen molar-refractivity contribution in [1.82, 2.24) is 5.32 Å². The highest BCUT2D eigenvalue weighted by Crippen LogP contribution is 2.48. The van der Waals surface area contributed by atoms with E-state index in [1.54, 1.807) is 7.11 Å². The summed E-state index contributed by atoms with van der Waals surface area (Å²) in [5, 5.41) is 12.2. The summed E-state index contributed by atoms with van der Waals surface area (Å²) in [6.45, 7) is 4.94. The monoisotopic (exact) mass is 305 g/mol. The number of ether oxygens (including phenoxy) is 1. The zero-order chi connectivity index (χ0) is 16.2. The molecule has 1 amide bonds. The van der Waals surface area contributed by atoms with Crippen LogP contribution in [0.5, 0.6) is 5.75 Å². The Kier molecular flexibility index (Phi) is 5.46. The molecule has 122 valence electrons. The standard InChI is InChI=1S/C18H27NO3/c1-18(2,12-20)8-5-9-19-17(21)16-11-15(16)13-6-4-7-14(10-13)22-3/h4,6-7,10,15-16,20H,5,8-9,11-12H2,1-3H3,(H,19,21). The van der Waals surface area contributed by atoms with Crippen LogP contribution in [0.1, 0.15) is 44.6 Å². The van der Waals surface area contributed by atoms with Gasteiger partial charge in [-0.25, -0.2) is 0 Å². The Bertz CT molecular complexity index is 513. The molecule has 2 atom stereocenters. The van der Waals surface area contributed by atoms with Crippen LogP contribution in [0.15, 0.2) is 24.3 Å². The number of methoxy groups -OCH3 is 1. The van der Waals surface area contributed by atoms with Crippen LogP contribution in [-0.2, 0) is 4.79 Å². The lowest BCUT2D eigenvalue weighted by Gasteiger charge is -2.21. The molecule has 0 saturated heterocycles. The molecule has 1 fully saturated rings. The molecule has 0 heterocycles. The van der Waals surface area contributed by atoms with E-state index >= 15 is 0 Å². The summed E-state index contributed by atoms with van der Waals surface area (Å²) in [7, 11) is 1.66. The molecule has 0 aliphatic heterocycles. The van der Waals surface area contributed by atoms with Crippen LogP contribution >= 0.6 is 0 Å². The van der Waals surface area contributed by atoms with Gasteiger partial charge < -0.3 is 15.2 Å². The lowest BCUT2D eigenvalue weighted by molar-refractivity contribution is -0.122. The number of aliphatic hydroxyl groups is 1. The van der Waals surface area contributed by atoms with Crippen LogP contribution in [0.25, 0.3) is 0 Å². The quantitative estimate of drug-likeness (QED) is 0.726. The zero-order valence-corrected chi connectivity index (χ0v) is 13.8. The molecule has 0 spiro atoms. The summed E-state index contributed by atoms with van der Waals surface area (Å²) in [5.41, 5.74) is 1.12. The van der Waals surface area contributed by atoms with Crippen molar-refractivity contribution in [3.8, 4) is 5.75 Å². The summed E-state index contributed by atoms with van der Waals surface area (Å²) in [6.07, 6.45) is 2.73. The Morgan fingerprint density at radius 3 is 2.91 bits per heavy atom. The van der Waals surface area contributed by atoms with Crippen LogP contribution in [-0.4, -0.2) is 31.3 Å². The molecule has 0 radical (unpaired) electrons. The van der Waals surface area contributed by atoms with E-state index in [4.69, 9.17) is 4.74 Å². The second kappa shape index (κ2) is 7.14. The SMILES string of the molecule is COc1cccc(C2CC2C(=O)NCCCC(C)(C)CO)c1. The van der Waals surface area contributed by atoms with Crippen molar-refractivity contribution in [3.63, 3.8) is 0 Å². The van der Waals surface area contributed by atoms with E-state index < -0.39 is 0 Å². The van der Waals surface area contributed by atoms with E-state index in [1.165, 1.54) is 5.56 Å². The van der Waals surface area contributed by atoms with Crippen LogP contribution < -0.4 is 10.1 Å². The zero-order valence-electron chi connectivity index (χ0n) is 13.8. The van der Waals surface area contributed by atoms with Gasteiger partial charge in [0, 0.05) is 19.1 Å². The summed E-state index contributed by atoms with van der Waals surface area (Å²) in [5.74, 6) is 1.41. The van der Waals surface area contributed by atoms with E-state index in [-0.39, 0.29) is 23.8 Å². The maximum absolute atomic E-state index is 12.1. The maximum Gasteiger partial charge on any atom is 0.223 e. The Morgan fingerprint density at radius 1 is 1.45 bits per heavy atom. The first-order chi connectivity index (χ1) is 10.5. The topological polar surface area (TPSA) is 58.6 Å². The molecule has 0 bridgehead atoms. The molecular formula is C18H27NO3. The van der Waals surface area contributed by atoms with Gasteiger partial charge in [-0.3, -0.25) is 4.79 Å². The molecule has 22 heavy (non-hydrogen) atoms. The molecule has 1 aliphatic carbocycles. The number of nitrogens with one attached hydrogen (secondary N) is 1. The molecule has 1 aromatic rings. The van der Waals surface area contributed by atoms with Gasteiger partial charge >= 0.3 is 0 Å². The second-order valence-corrected chi connectivity index (χ2v) is 6.94. The second-order valence-electron chi connectivity index (χ2n) is 6.94. The van der Waals surface area contributed by atoms with Gasteiger partial charge in [0.25, 0.3) is 0 Å². The highest BCUT2D eigenvalue weighted by atomic mass is 16.5. The van der Waals surface area contributed by atoms with E-state index in [0.717, 1.165) is 25.0 Å². The van der Waals surface area contributed by atoms with Crippen LogP contribution in [0.4, 0.5) is 0 Å². The molecule has 1 aromatic carbocycles. The molecular weight excluding hydrogens is 278 g/mol. The predicted octanol–water partition coefficient (Wildman–Crippen LogP) is 2.71. The van der Waals surface area contributed by atoms with Crippen molar-refractivity contribution in [2.24, 2.45) is 11.3 Å². The van der Waals surface area contributed by atoms with Gasteiger partial charge in [-0.15, -0.1) is 0 Å². The number of hydrogen-bond donors (Lipinski definition) is 2. The van der Waals surface area contributed by atoms with Gasteiger partial charge in [0.15, 0.2) is 0 Å². The van der Waals surface area contributed by atoms with Gasteiger partial charge in [-0.2, -0.15) is 0 Å². The van der Waals surface area contributed by atoms with E-state index in [9.17, 15) is 9.90 Å². The third kappa shape index (κ3) is 4.47. The van der Waals surface area contributed by atoms with Crippen LogP contribution in [0.2, 0.25) is 0 Å². The van der Waals surface area contributed by atoms with Crippen molar-refractivity contribution in [2.45, 2.75) is 39.0 Å². The van der Waals surface area contributed by atoms with Crippen LogP contribution in [0.3, 0.4) is 0 Å². The Balaban J connectivity index is 1.74. The highest BCUT2D eigenvalue weighted by Gasteiger charge is 2.43. The maximum atomic E-state index is 12.1. The predicted molar refractivity (Wildman–Crippen MR) is 87.0 cm³/mol. The third-order valence-corrected chi connectivity index (χ3v) is 4.41. The average molecular weight is 305 g/mol. The minimum atomic E-state index is -0.0621. The minimum Gasteiger partial charge on any atom is -0.497 e. The molecule has 4 nitrogen and oxygen atoms in total. The fourth-order valence-corrected chi connectivity index (χ4v) is 2.71. The number of carbonyl (C=O) groups excluding carboxylic acids is 1. The first-order valence-corrected chi connectivity index (χ1v) is 7.99. The lowest BCUT2D eigenvalue weighted by Crippen LogP contribution is -2.28. The molecule has 4 heteroatoms. The first kappa shape index (κ1) is 16.8. The Labute approximate surface area is 132 Å². The number of hydrogen-bond acceptors (Lipinski definition) is 3. The molecule has 2 rings (SSSR count). The molecule has 2 N–H and O–H groups in total. The van der Waals surface area contributed by atoms with Gasteiger partial charge in [0.05, 0.1) is 7.11 Å². The van der Waals surface area contributed by atoms with Crippen molar-refractivity contribution in [1.29, 1.82) is 0 Å². The van der Waals surface area contributed by atoms with Crippen molar-refractivity contribution < 1.29 is 14.6 Å². The number of benzene rings is 1. The molecule has 1 aliphatic rings. The van der Waals surface area contributed by atoms with Crippen molar-refractivity contribution in [2.75, 3.05) is 20.3 Å². The van der Waals surface area contributed by atoms with E-state index in [1.807, 2.05) is 32.0 Å². The number of aliphatic hydroxyl groups excluding tert-OH is 1. The van der Waals surface area contributed by atoms with Gasteiger partial charge in [-0.1, -0.05) is 26.0 Å². The lowest BCUT2D eigenvalue weighted by atomic mass is 9.89. The minimum absolute atomic E-state index is 0.0621. The summed E-state index contributed by atoms with van der Waals surface area (Å²) >= 11 is 0. The first-order valence-electron chi connectivity index (χ1n) is 7.99. The third-order valence-electron chi connectivity index (χ3n) is 4.41. The molecule has 0 aromatic heterocycles. The number of rotatable bonds is 8. The van der Waals surface area contributed by atoms with E-state index in [0.29, 0.717) is 12.5 Å². The fraction of sp³-hybridized carbons (Fsp3) is 0.611.